The maximum absolute atomic E-state index is 12.9. The number of ether oxygens (including phenoxy) is 1. The Bertz CT molecular complexity index is 724. The molecule has 2 amide bonds. The fraction of sp³-hybridized carbons (Fsp3) is 0.533. The number of rotatable bonds is 3. The van der Waals surface area contributed by atoms with Crippen LogP contribution in [0.2, 0.25) is 0 Å². The molecule has 126 valence electrons. The summed E-state index contributed by atoms with van der Waals surface area (Å²) in [6, 6.07) is 4.95. The van der Waals surface area contributed by atoms with E-state index in [1.54, 1.807) is 12.1 Å². The van der Waals surface area contributed by atoms with Crippen LogP contribution in [0.25, 0.3) is 0 Å². The molecule has 0 aliphatic carbocycles. The van der Waals surface area contributed by atoms with Gasteiger partial charge in [-0.2, -0.15) is 4.31 Å². The van der Waals surface area contributed by atoms with Crippen molar-refractivity contribution >= 4 is 16.1 Å². The second-order valence-electron chi connectivity index (χ2n) is 6.15. The molecule has 2 heterocycles. The van der Waals surface area contributed by atoms with Crippen LogP contribution in [-0.2, 0) is 10.0 Å². The van der Waals surface area contributed by atoms with Gasteiger partial charge in [-0.1, -0.05) is 6.07 Å². The number of piperidine rings is 1. The number of carbonyl (C=O) groups is 1. The standard InChI is InChI=1S/C15H21N3O4S/c1-11-3-4-12(22-2)13(9-11)23(20,21)18-7-5-15(6-8-18)10-16-14(19)17-15/h3-4,9H,5-8,10H2,1-2H3,(H2,16,17,19). The minimum atomic E-state index is -3.61. The first-order valence-electron chi connectivity index (χ1n) is 7.57. The molecule has 2 aliphatic heterocycles. The average molecular weight is 339 g/mol. The number of nitrogens with zero attached hydrogens (tertiary/aromatic N) is 1. The van der Waals surface area contributed by atoms with Crippen LogP contribution in [0, 0.1) is 6.92 Å². The number of nitrogens with one attached hydrogen (secondary N) is 2. The molecule has 0 unspecified atom stereocenters. The molecule has 0 aromatic heterocycles. The van der Waals surface area contributed by atoms with Gasteiger partial charge in [0.2, 0.25) is 10.0 Å². The average Bonchev–Trinajstić information content (AvgIpc) is 2.88. The predicted molar refractivity (Wildman–Crippen MR) is 85.0 cm³/mol. The summed E-state index contributed by atoms with van der Waals surface area (Å²) in [4.78, 5) is 11.6. The number of hydrogen-bond acceptors (Lipinski definition) is 4. The van der Waals surface area contributed by atoms with Crippen LogP contribution in [0.5, 0.6) is 5.75 Å². The number of aryl methyl sites for hydroxylation is 1. The molecule has 3 rings (SSSR count). The summed E-state index contributed by atoms with van der Waals surface area (Å²) < 4.78 is 32.5. The normalized spacial score (nSPS) is 21.0. The molecule has 1 spiro atoms. The Labute approximate surface area is 136 Å². The topological polar surface area (TPSA) is 87.7 Å². The van der Waals surface area contributed by atoms with Crippen molar-refractivity contribution in [1.29, 1.82) is 0 Å². The second-order valence-corrected chi connectivity index (χ2v) is 8.05. The summed E-state index contributed by atoms with van der Waals surface area (Å²) in [7, 11) is -2.14. The highest BCUT2D eigenvalue weighted by Gasteiger charge is 2.43. The molecule has 0 bridgehead atoms. The van der Waals surface area contributed by atoms with Gasteiger partial charge in [-0.05, 0) is 37.5 Å². The Morgan fingerprint density at radius 3 is 2.52 bits per heavy atom. The zero-order valence-corrected chi connectivity index (χ0v) is 14.1. The van der Waals surface area contributed by atoms with E-state index < -0.39 is 10.0 Å². The van der Waals surface area contributed by atoms with Crippen molar-refractivity contribution in [2.24, 2.45) is 0 Å². The van der Waals surface area contributed by atoms with E-state index in [9.17, 15) is 13.2 Å². The van der Waals surface area contributed by atoms with Gasteiger partial charge in [-0.15, -0.1) is 0 Å². The molecule has 1 aromatic rings. The summed E-state index contributed by atoms with van der Waals surface area (Å²) >= 11 is 0. The molecule has 2 N–H and O–H groups in total. The molecule has 23 heavy (non-hydrogen) atoms. The summed E-state index contributed by atoms with van der Waals surface area (Å²) in [6.07, 6.45) is 1.19. The van der Waals surface area contributed by atoms with Gasteiger partial charge < -0.3 is 15.4 Å². The van der Waals surface area contributed by atoms with E-state index >= 15 is 0 Å². The first-order chi connectivity index (χ1) is 10.9. The largest absolute Gasteiger partial charge is 0.495 e. The summed E-state index contributed by atoms with van der Waals surface area (Å²) in [5, 5.41) is 5.67. The van der Waals surface area contributed by atoms with Crippen molar-refractivity contribution in [3.8, 4) is 5.75 Å². The smallest absolute Gasteiger partial charge is 0.315 e. The van der Waals surface area contributed by atoms with Gasteiger partial charge >= 0.3 is 6.03 Å². The molecule has 0 saturated carbocycles. The zero-order chi connectivity index (χ0) is 16.7. The van der Waals surface area contributed by atoms with Gasteiger partial charge in [0, 0.05) is 19.6 Å². The number of hydrogen-bond donors (Lipinski definition) is 2. The van der Waals surface area contributed by atoms with E-state index in [-0.39, 0.29) is 16.5 Å². The summed E-state index contributed by atoms with van der Waals surface area (Å²) in [5.41, 5.74) is 0.546. The number of urea groups is 1. The number of carbonyl (C=O) groups excluding carboxylic acids is 1. The Morgan fingerprint density at radius 1 is 1.26 bits per heavy atom. The lowest BCUT2D eigenvalue weighted by Gasteiger charge is -2.37. The molecule has 2 fully saturated rings. The van der Waals surface area contributed by atoms with Crippen molar-refractivity contribution in [3.05, 3.63) is 23.8 Å². The lowest BCUT2D eigenvalue weighted by Crippen LogP contribution is -2.53. The molecular formula is C15H21N3O4S. The van der Waals surface area contributed by atoms with Crippen molar-refractivity contribution in [1.82, 2.24) is 14.9 Å². The van der Waals surface area contributed by atoms with Gasteiger partial charge in [0.25, 0.3) is 0 Å². The summed E-state index contributed by atoms with van der Waals surface area (Å²) in [5.74, 6) is 0.353. The monoisotopic (exact) mass is 339 g/mol. The van der Waals surface area contributed by atoms with Gasteiger partial charge in [0.1, 0.15) is 10.6 Å². The Morgan fingerprint density at radius 2 is 1.96 bits per heavy atom. The van der Waals surface area contributed by atoms with Crippen molar-refractivity contribution in [2.75, 3.05) is 26.7 Å². The number of benzene rings is 1. The highest BCUT2D eigenvalue weighted by molar-refractivity contribution is 7.89. The van der Waals surface area contributed by atoms with Gasteiger partial charge in [0.15, 0.2) is 0 Å². The third-order valence-electron chi connectivity index (χ3n) is 4.58. The maximum atomic E-state index is 12.9. The number of methoxy groups -OCH3 is 1. The molecule has 0 radical (unpaired) electrons. The van der Waals surface area contributed by atoms with E-state index in [1.165, 1.54) is 11.4 Å². The lowest BCUT2D eigenvalue weighted by molar-refractivity contribution is 0.216. The van der Waals surface area contributed by atoms with Crippen molar-refractivity contribution in [2.45, 2.75) is 30.2 Å². The quantitative estimate of drug-likeness (QED) is 0.854. The Balaban J connectivity index is 1.82. The third kappa shape index (κ3) is 2.88. The van der Waals surface area contributed by atoms with E-state index in [4.69, 9.17) is 4.74 Å². The van der Waals surface area contributed by atoms with E-state index in [2.05, 4.69) is 10.6 Å². The van der Waals surface area contributed by atoms with Crippen LogP contribution >= 0.6 is 0 Å². The maximum Gasteiger partial charge on any atom is 0.315 e. The highest BCUT2D eigenvalue weighted by Crippen LogP contribution is 2.32. The minimum absolute atomic E-state index is 0.179. The predicted octanol–water partition coefficient (Wildman–Crippen LogP) is 0.840. The van der Waals surface area contributed by atoms with Crippen LogP contribution in [0.3, 0.4) is 0 Å². The van der Waals surface area contributed by atoms with Crippen LogP contribution in [-0.4, -0.2) is 51.0 Å². The van der Waals surface area contributed by atoms with Gasteiger partial charge in [-0.25, -0.2) is 13.2 Å². The first kappa shape index (κ1) is 16.1. The van der Waals surface area contributed by atoms with Crippen molar-refractivity contribution in [3.63, 3.8) is 0 Å². The van der Waals surface area contributed by atoms with Crippen LogP contribution in [0.1, 0.15) is 18.4 Å². The highest BCUT2D eigenvalue weighted by atomic mass is 32.2. The fourth-order valence-corrected chi connectivity index (χ4v) is 4.84. The van der Waals surface area contributed by atoms with E-state index in [0.29, 0.717) is 38.2 Å². The van der Waals surface area contributed by atoms with Crippen LogP contribution < -0.4 is 15.4 Å². The number of sulfonamides is 1. The molecular weight excluding hydrogens is 318 g/mol. The minimum Gasteiger partial charge on any atom is -0.495 e. The Hall–Kier alpha value is -1.80. The van der Waals surface area contributed by atoms with Crippen LogP contribution in [0.15, 0.2) is 23.1 Å². The number of amides is 2. The molecule has 0 atom stereocenters. The molecule has 1 aromatic carbocycles. The zero-order valence-electron chi connectivity index (χ0n) is 13.3. The van der Waals surface area contributed by atoms with Gasteiger partial charge in [-0.3, -0.25) is 0 Å². The van der Waals surface area contributed by atoms with E-state index in [0.717, 1.165) is 5.56 Å². The Kier molecular flexibility index (Phi) is 3.97. The second kappa shape index (κ2) is 5.68. The first-order valence-corrected chi connectivity index (χ1v) is 9.01. The van der Waals surface area contributed by atoms with Crippen LogP contribution in [0.4, 0.5) is 4.79 Å². The van der Waals surface area contributed by atoms with E-state index in [1.807, 2.05) is 13.0 Å². The van der Waals surface area contributed by atoms with Gasteiger partial charge in [0.05, 0.1) is 12.6 Å². The third-order valence-corrected chi connectivity index (χ3v) is 6.50. The molecule has 8 heteroatoms. The molecule has 2 aliphatic rings. The summed E-state index contributed by atoms with van der Waals surface area (Å²) in [6.45, 7) is 3.15. The van der Waals surface area contributed by atoms with Crippen molar-refractivity contribution < 1.29 is 17.9 Å². The fourth-order valence-electron chi connectivity index (χ4n) is 3.16. The lowest BCUT2D eigenvalue weighted by atomic mass is 9.90. The molecule has 2 saturated heterocycles. The SMILES string of the molecule is COc1ccc(C)cc1S(=O)(=O)N1CCC2(CC1)CNC(=O)N2. The molecule has 7 nitrogen and oxygen atoms in total.